The van der Waals surface area contributed by atoms with Crippen LogP contribution in [0.15, 0.2) is 35.9 Å². The van der Waals surface area contributed by atoms with Gasteiger partial charge in [-0.1, -0.05) is 43.7 Å². The SMILES string of the molecule is CC(=O)OC(C)C1(O)CCC2(O)C3(O)CC=C4CC(O)CCC4(C)C3CC(OC(=O)c3ccccc3CN)C12C. The number of benzene rings is 1. The largest absolute Gasteiger partial charge is 0.460 e. The second-order valence-electron chi connectivity index (χ2n) is 13.0. The van der Waals surface area contributed by atoms with Crippen molar-refractivity contribution in [3.05, 3.63) is 47.0 Å². The van der Waals surface area contributed by atoms with Crippen molar-refractivity contribution in [2.24, 2.45) is 22.5 Å². The van der Waals surface area contributed by atoms with Crippen molar-refractivity contribution in [2.45, 2.75) is 114 Å². The molecule has 1 aromatic carbocycles. The maximum absolute atomic E-state index is 13.7. The minimum absolute atomic E-state index is 0.0217. The van der Waals surface area contributed by atoms with Crippen LogP contribution in [-0.4, -0.2) is 67.5 Å². The maximum atomic E-state index is 13.7. The van der Waals surface area contributed by atoms with Crippen molar-refractivity contribution in [3.8, 4) is 0 Å². The van der Waals surface area contributed by atoms with Gasteiger partial charge in [0.05, 0.1) is 17.1 Å². The van der Waals surface area contributed by atoms with Gasteiger partial charge >= 0.3 is 11.9 Å². The highest BCUT2D eigenvalue weighted by Gasteiger charge is 2.81. The topological polar surface area (TPSA) is 160 Å². The first kappa shape index (κ1) is 29.2. The van der Waals surface area contributed by atoms with Crippen molar-refractivity contribution in [1.82, 2.24) is 0 Å². The third-order valence-electron chi connectivity index (χ3n) is 11.3. The lowest BCUT2D eigenvalue weighted by Gasteiger charge is -2.67. The molecule has 0 amide bonds. The van der Waals surface area contributed by atoms with Gasteiger partial charge in [0, 0.05) is 19.4 Å². The van der Waals surface area contributed by atoms with E-state index in [1.165, 1.54) is 6.92 Å². The normalized spacial score (nSPS) is 43.0. The number of nitrogens with two attached hydrogens (primary N) is 1. The predicted molar refractivity (Wildman–Crippen MR) is 146 cm³/mol. The van der Waals surface area contributed by atoms with Crippen molar-refractivity contribution in [2.75, 3.05) is 0 Å². The first-order valence-corrected chi connectivity index (χ1v) is 14.4. The average molecular weight is 558 g/mol. The number of fused-ring (bicyclic) bond motifs is 5. The van der Waals surface area contributed by atoms with E-state index in [1.807, 2.05) is 6.08 Å². The standard InChI is InChI=1S/C31H43NO8/c1-18(39-19(2)33)29(36)13-14-31(38)28(29,4)25(40-26(35)23-8-6-5-7-20(23)17-32)16-24-27(3)11-10-22(34)15-21(27)9-12-30(24,31)37/h5-9,18,22,24-25,34,36-38H,10-17,32H2,1-4H3. The van der Waals surface area contributed by atoms with E-state index < -0.39 is 63.8 Å². The van der Waals surface area contributed by atoms with Crippen molar-refractivity contribution in [3.63, 3.8) is 0 Å². The van der Waals surface area contributed by atoms with Gasteiger partial charge in [-0.25, -0.2) is 4.79 Å². The Kier molecular flexibility index (Phi) is 7.03. The van der Waals surface area contributed by atoms with E-state index in [-0.39, 0.29) is 32.2 Å². The summed E-state index contributed by atoms with van der Waals surface area (Å²) in [7, 11) is 0. The Morgan fingerprint density at radius 3 is 2.50 bits per heavy atom. The fourth-order valence-corrected chi connectivity index (χ4v) is 8.93. The fourth-order valence-electron chi connectivity index (χ4n) is 8.93. The van der Waals surface area contributed by atoms with Crippen LogP contribution in [0.3, 0.4) is 0 Å². The van der Waals surface area contributed by atoms with Crippen LogP contribution in [-0.2, 0) is 20.8 Å². The van der Waals surface area contributed by atoms with Gasteiger partial charge in [0.25, 0.3) is 0 Å². The van der Waals surface area contributed by atoms with Gasteiger partial charge in [0.1, 0.15) is 29.0 Å². The molecular weight excluding hydrogens is 514 g/mol. The highest BCUT2D eigenvalue weighted by molar-refractivity contribution is 5.91. The molecule has 0 aromatic heterocycles. The second kappa shape index (κ2) is 9.63. The highest BCUT2D eigenvalue weighted by atomic mass is 16.6. The minimum Gasteiger partial charge on any atom is -0.460 e. The Bertz CT molecular complexity index is 1230. The molecule has 1 aromatic rings. The van der Waals surface area contributed by atoms with Gasteiger partial charge in [-0.15, -0.1) is 0 Å². The van der Waals surface area contributed by atoms with Gasteiger partial charge in [0.2, 0.25) is 0 Å². The molecule has 4 aliphatic rings. The molecule has 9 unspecified atom stereocenters. The van der Waals surface area contributed by atoms with Crippen LogP contribution >= 0.6 is 0 Å². The molecule has 0 aliphatic heterocycles. The molecule has 5 rings (SSSR count). The Morgan fingerprint density at radius 2 is 1.82 bits per heavy atom. The van der Waals surface area contributed by atoms with E-state index in [9.17, 15) is 30.0 Å². The van der Waals surface area contributed by atoms with E-state index in [0.29, 0.717) is 30.4 Å². The van der Waals surface area contributed by atoms with Crippen LogP contribution in [0.5, 0.6) is 0 Å². The van der Waals surface area contributed by atoms with Crippen LogP contribution in [0.1, 0.15) is 88.6 Å². The minimum atomic E-state index is -1.88. The lowest BCUT2D eigenvalue weighted by atomic mass is 9.42. The summed E-state index contributed by atoms with van der Waals surface area (Å²) in [5.41, 5.74) is 0.342. The Hall–Kier alpha value is -2.30. The number of carbonyl (C=O) groups excluding carboxylic acids is 2. The molecule has 9 atom stereocenters. The number of esters is 2. The Morgan fingerprint density at radius 1 is 1.12 bits per heavy atom. The van der Waals surface area contributed by atoms with Crippen LogP contribution in [0.4, 0.5) is 0 Å². The van der Waals surface area contributed by atoms with Crippen molar-refractivity contribution in [1.29, 1.82) is 0 Å². The molecule has 0 saturated heterocycles. The number of ether oxygens (including phenoxy) is 2. The van der Waals surface area contributed by atoms with Crippen LogP contribution in [0, 0.1) is 16.7 Å². The van der Waals surface area contributed by atoms with E-state index in [2.05, 4.69) is 6.92 Å². The summed E-state index contributed by atoms with van der Waals surface area (Å²) in [4.78, 5) is 25.7. The maximum Gasteiger partial charge on any atom is 0.338 e. The lowest BCUT2D eigenvalue weighted by Crippen LogP contribution is -2.78. The molecule has 6 N–H and O–H groups in total. The van der Waals surface area contributed by atoms with E-state index in [0.717, 1.165) is 5.57 Å². The number of aliphatic hydroxyl groups excluding tert-OH is 1. The summed E-state index contributed by atoms with van der Waals surface area (Å²) >= 11 is 0. The first-order chi connectivity index (χ1) is 18.7. The zero-order valence-electron chi connectivity index (χ0n) is 23.9. The van der Waals surface area contributed by atoms with Crippen LogP contribution in [0.2, 0.25) is 0 Å². The molecule has 0 heterocycles. The predicted octanol–water partition coefficient (Wildman–Crippen LogP) is 2.52. The third-order valence-corrected chi connectivity index (χ3v) is 11.3. The summed E-state index contributed by atoms with van der Waals surface area (Å²) < 4.78 is 11.7. The van der Waals surface area contributed by atoms with Gasteiger partial charge in [0.15, 0.2) is 0 Å². The molecule has 0 spiro atoms. The summed E-state index contributed by atoms with van der Waals surface area (Å²) in [5, 5.41) is 48.0. The molecule has 3 saturated carbocycles. The van der Waals surface area contributed by atoms with Crippen LogP contribution < -0.4 is 5.73 Å². The molecule has 220 valence electrons. The quantitative estimate of drug-likeness (QED) is 0.271. The average Bonchev–Trinajstić information content (AvgIpc) is 3.14. The van der Waals surface area contributed by atoms with Gasteiger partial charge in [-0.3, -0.25) is 4.79 Å². The molecule has 0 bridgehead atoms. The highest BCUT2D eigenvalue weighted by Crippen LogP contribution is 2.71. The van der Waals surface area contributed by atoms with Gasteiger partial charge < -0.3 is 35.6 Å². The number of hydrogen-bond acceptors (Lipinski definition) is 9. The molecule has 3 fully saturated rings. The number of carbonyl (C=O) groups is 2. The number of rotatable bonds is 5. The summed E-state index contributed by atoms with van der Waals surface area (Å²) in [6.45, 7) is 6.64. The lowest BCUT2D eigenvalue weighted by molar-refractivity contribution is -0.324. The number of aliphatic hydroxyl groups is 4. The molecule has 9 heteroatoms. The molecule has 0 radical (unpaired) electrons. The summed E-state index contributed by atoms with van der Waals surface area (Å²) in [6, 6.07) is 6.88. The van der Waals surface area contributed by atoms with E-state index in [1.54, 1.807) is 38.1 Å². The van der Waals surface area contributed by atoms with Gasteiger partial charge in [-0.05, 0) is 68.9 Å². The van der Waals surface area contributed by atoms with Crippen molar-refractivity contribution < 1.29 is 39.5 Å². The third kappa shape index (κ3) is 3.78. The summed E-state index contributed by atoms with van der Waals surface area (Å²) in [5.74, 6) is -1.74. The smallest absolute Gasteiger partial charge is 0.338 e. The second-order valence-corrected chi connectivity index (χ2v) is 13.0. The summed E-state index contributed by atoms with van der Waals surface area (Å²) in [6.07, 6.45) is 1.39. The Balaban J connectivity index is 1.65. The number of hydrogen-bond donors (Lipinski definition) is 5. The first-order valence-electron chi connectivity index (χ1n) is 14.4. The van der Waals surface area contributed by atoms with Crippen LogP contribution in [0.25, 0.3) is 0 Å². The zero-order chi connectivity index (χ0) is 29.3. The fraction of sp³-hybridized carbons (Fsp3) is 0.677. The van der Waals surface area contributed by atoms with Gasteiger partial charge in [-0.2, -0.15) is 0 Å². The van der Waals surface area contributed by atoms with E-state index in [4.69, 9.17) is 15.2 Å². The molecule has 9 nitrogen and oxygen atoms in total. The monoisotopic (exact) mass is 557 g/mol. The Labute approximate surface area is 235 Å². The molecule has 40 heavy (non-hydrogen) atoms. The van der Waals surface area contributed by atoms with Crippen molar-refractivity contribution >= 4 is 11.9 Å². The molecule has 4 aliphatic carbocycles. The van der Waals surface area contributed by atoms with E-state index >= 15 is 0 Å². The zero-order valence-corrected chi connectivity index (χ0v) is 23.9. The molecular formula is C31H43NO8.